The Labute approximate surface area is 144 Å². The number of ether oxygens (including phenoxy) is 1. The zero-order chi connectivity index (χ0) is 16.5. The summed E-state index contributed by atoms with van der Waals surface area (Å²) < 4.78 is 7.35. The molecule has 7 nitrogen and oxygen atoms in total. The molecule has 1 saturated carbocycles. The lowest BCUT2D eigenvalue weighted by Gasteiger charge is -2.09. The Bertz CT molecular complexity index is 713. The topological polar surface area (TPSA) is 81.1 Å². The number of amides is 2. The highest BCUT2D eigenvalue weighted by molar-refractivity contribution is 7.11. The molecule has 8 heteroatoms. The summed E-state index contributed by atoms with van der Waals surface area (Å²) in [5.41, 5.74) is 1.82. The van der Waals surface area contributed by atoms with Crippen molar-refractivity contribution in [2.24, 2.45) is 5.92 Å². The van der Waals surface area contributed by atoms with Gasteiger partial charge in [-0.25, -0.2) is 9.78 Å². The fourth-order valence-electron chi connectivity index (χ4n) is 2.91. The summed E-state index contributed by atoms with van der Waals surface area (Å²) in [6, 6.07) is 0.158. The van der Waals surface area contributed by atoms with Gasteiger partial charge in [0.1, 0.15) is 5.01 Å². The Morgan fingerprint density at radius 3 is 3.21 bits per heavy atom. The summed E-state index contributed by atoms with van der Waals surface area (Å²) in [5, 5.41) is 10.9. The quantitative estimate of drug-likeness (QED) is 0.871. The van der Waals surface area contributed by atoms with E-state index in [-0.39, 0.29) is 6.03 Å². The number of nitrogens with zero attached hydrogens (tertiary/aromatic N) is 3. The first kappa shape index (κ1) is 15.6. The van der Waals surface area contributed by atoms with Gasteiger partial charge in [-0.15, -0.1) is 11.3 Å². The van der Waals surface area contributed by atoms with E-state index in [1.165, 1.54) is 17.7 Å². The number of anilines is 1. The number of urea groups is 1. The number of nitrogens with one attached hydrogen (secondary N) is 2. The Hall–Kier alpha value is -1.93. The molecule has 1 fully saturated rings. The zero-order valence-corrected chi connectivity index (χ0v) is 14.4. The lowest BCUT2D eigenvalue weighted by atomic mass is 10.2. The van der Waals surface area contributed by atoms with Crippen LogP contribution in [0.25, 0.3) is 0 Å². The van der Waals surface area contributed by atoms with Crippen molar-refractivity contribution in [3.63, 3.8) is 0 Å². The summed E-state index contributed by atoms with van der Waals surface area (Å²) in [5.74, 6) is 0.728. The average Bonchev–Trinajstić information content (AvgIpc) is 3.18. The Balaban J connectivity index is 1.29. The number of rotatable bonds is 5. The van der Waals surface area contributed by atoms with Crippen LogP contribution < -0.4 is 10.6 Å². The first-order valence-electron chi connectivity index (χ1n) is 8.33. The molecule has 2 amide bonds. The van der Waals surface area contributed by atoms with Crippen LogP contribution in [0, 0.1) is 5.92 Å². The van der Waals surface area contributed by atoms with Crippen LogP contribution in [0.3, 0.4) is 0 Å². The molecule has 0 bridgehead atoms. The third kappa shape index (κ3) is 3.44. The highest BCUT2D eigenvalue weighted by Crippen LogP contribution is 2.39. The van der Waals surface area contributed by atoms with Gasteiger partial charge in [-0.1, -0.05) is 0 Å². The molecular formula is C16H21N5O2S. The van der Waals surface area contributed by atoms with Crippen molar-refractivity contribution in [1.29, 1.82) is 0 Å². The van der Waals surface area contributed by atoms with Crippen LogP contribution in [0.2, 0.25) is 0 Å². The van der Waals surface area contributed by atoms with Crippen LogP contribution in [0.15, 0.2) is 12.4 Å². The van der Waals surface area contributed by atoms with Crippen molar-refractivity contribution in [2.45, 2.75) is 45.4 Å². The van der Waals surface area contributed by atoms with Gasteiger partial charge in [-0.2, -0.15) is 5.10 Å². The van der Waals surface area contributed by atoms with Crippen LogP contribution in [-0.4, -0.2) is 27.4 Å². The maximum absolute atomic E-state index is 12.0. The molecule has 2 aromatic rings. The molecule has 1 unspecified atom stereocenters. The van der Waals surface area contributed by atoms with Crippen LogP contribution >= 0.6 is 11.3 Å². The maximum Gasteiger partial charge on any atom is 0.319 e. The van der Waals surface area contributed by atoms with E-state index in [9.17, 15) is 4.79 Å². The second-order valence-corrected chi connectivity index (χ2v) is 7.54. The summed E-state index contributed by atoms with van der Waals surface area (Å²) in [7, 11) is 0. The van der Waals surface area contributed by atoms with Gasteiger partial charge in [-0.05, 0) is 25.7 Å². The van der Waals surface area contributed by atoms with Gasteiger partial charge in [-0.3, -0.25) is 4.68 Å². The summed E-state index contributed by atoms with van der Waals surface area (Å²) in [6.45, 7) is 3.96. The van der Waals surface area contributed by atoms with Crippen molar-refractivity contribution in [1.82, 2.24) is 20.1 Å². The molecule has 2 aliphatic rings. The molecule has 24 heavy (non-hydrogen) atoms. The SMILES string of the molecule is CC(C1CC1)n1cc(NC(=O)NCc2nc3c(s2)COCC3)cn1. The number of hydrogen-bond acceptors (Lipinski definition) is 5. The number of aromatic nitrogens is 3. The van der Waals surface area contributed by atoms with Gasteiger partial charge >= 0.3 is 6.03 Å². The van der Waals surface area contributed by atoms with Crippen molar-refractivity contribution >= 4 is 23.1 Å². The summed E-state index contributed by atoms with van der Waals surface area (Å²) >= 11 is 1.61. The fraction of sp³-hybridized carbons (Fsp3) is 0.562. The predicted molar refractivity (Wildman–Crippen MR) is 91.0 cm³/mol. The lowest BCUT2D eigenvalue weighted by molar-refractivity contribution is 0.112. The molecule has 1 aliphatic carbocycles. The fourth-order valence-corrected chi connectivity index (χ4v) is 3.90. The Kier molecular flexibility index (Phi) is 4.24. The smallest absolute Gasteiger partial charge is 0.319 e. The molecule has 0 saturated heterocycles. The summed E-state index contributed by atoms with van der Waals surface area (Å²) in [4.78, 5) is 17.8. The minimum atomic E-state index is -0.238. The first-order valence-corrected chi connectivity index (χ1v) is 9.15. The van der Waals surface area contributed by atoms with Crippen LogP contribution in [0.5, 0.6) is 0 Å². The second kappa shape index (κ2) is 6.52. The van der Waals surface area contributed by atoms with Crippen molar-refractivity contribution < 1.29 is 9.53 Å². The van der Waals surface area contributed by atoms with Crippen molar-refractivity contribution in [2.75, 3.05) is 11.9 Å². The molecule has 128 valence electrons. The number of thiazole rings is 1. The third-order valence-electron chi connectivity index (χ3n) is 4.52. The van der Waals surface area contributed by atoms with Crippen LogP contribution in [0.1, 0.15) is 41.4 Å². The van der Waals surface area contributed by atoms with Gasteiger partial charge in [0.05, 0.1) is 48.3 Å². The van der Waals surface area contributed by atoms with E-state index >= 15 is 0 Å². The lowest BCUT2D eigenvalue weighted by Crippen LogP contribution is -2.28. The van der Waals surface area contributed by atoms with E-state index in [0.717, 1.165) is 29.6 Å². The Morgan fingerprint density at radius 2 is 2.42 bits per heavy atom. The third-order valence-corrected chi connectivity index (χ3v) is 5.59. The molecule has 0 aromatic carbocycles. The average molecular weight is 347 g/mol. The molecule has 2 N–H and O–H groups in total. The largest absolute Gasteiger partial charge is 0.375 e. The standard InChI is InChI=1S/C16H21N5O2S/c1-10(11-2-3-11)21-8-12(6-18-21)19-16(22)17-7-15-20-13-4-5-23-9-14(13)24-15/h6,8,10-11H,2-5,7,9H2,1H3,(H2,17,19,22). The highest BCUT2D eigenvalue weighted by Gasteiger charge is 2.29. The normalized spacial score (nSPS) is 18.0. The van der Waals surface area contributed by atoms with Crippen LogP contribution in [0.4, 0.5) is 10.5 Å². The number of carbonyl (C=O) groups is 1. The van der Waals surface area contributed by atoms with E-state index in [2.05, 4.69) is 27.6 Å². The van der Waals surface area contributed by atoms with E-state index in [1.54, 1.807) is 17.5 Å². The molecule has 2 aromatic heterocycles. The molecule has 1 atom stereocenters. The first-order chi connectivity index (χ1) is 11.7. The van der Waals surface area contributed by atoms with Gasteiger partial charge in [0.25, 0.3) is 0 Å². The number of carbonyl (C=O) groups excluding carboxylic acids is 1. The van der Waals surface area contributed by atoms with Crippen LogP contribution in [-0.2, 0) is 24.3 Å². The van der Waals surface area contributed by atoms with Gasteiger partial charge in [0.15, 0.2) is 0 Å². The van der Waals surface area contributed by atoms with E-state index in [0.29, 0.717) is 24.9 Å². The minimum Gasteiger partial charge on any atom is -0.375 e. The Morgan fingerprint density at radius 1 is 1.54 bits per heavy atom. The van der Waals surface area contributed by atoms with Gasteiger partial charge < -0.3 is 15.4 Å². The van der Waals surface area contributed by atoms with Crippen molar-refractivity contribution in [3.8, 4) is 0 Å². The monoisotopic (exact) mass is 347 g/mol. The second-order valence-electron chi connectivity index (χ2n) is 6.37. The van der Waals surface area contributed by atoms with Crippen molar-refractivity contribution in [3.05, 3.63) is 28.0 Å². The van der Waals surface area contributed by atoms with Gasteiger partial charge in [0.2, 0.25) is 0 Å². The predicted octanol–water partition coefficient (Wildman–Crippen LogP) is 2.71. The minimum absolute atomic E-state index is 0.238. The number of hydrogen-bond donors (Lipinski definition) is 2. The zero-order valence-electron chi connectivity index (χ0n) is 13.6. The molecule has 3 heterocycles. The van der Waals surface area contributed by atoms with E-state index in [4.69, 9.17) is 4.74 Å². The highest BCUT2D eigenvalue weighted by atomic mass is 32.1. The summed E-state index contributed by atoms with van der Waals surface area (Å²) in [6.07, 6.45) is 6.98. The van der Waals surface area contributed by atoms with Gasteiger partial charge in [0, 0.05) is 12.6 Å². The molecule has 0 radical (unpaired) electrons. The molecule has 0 spiro atoms. The molecule has 4 rings (SSSR count). The van der Waals surface area contributed by atoms with E-state index < -0.39 is 0 Å². The molecule has 1 aliphatic heterocycles. The molecular weight excluding hydrogens is 326 g/mol. The maximum atomic E-state index is 12.0. The number of fused-ring (bicyclic) bond motifs is 1. The van der Waals surface area contributed by atoms with E-state index in [1.807, 2.05) is 10.9 Å².